The van der Waals surface area contributed by atoms with Gasteiger partial charge in [-0.3, -0.25) is 33.9 Å². The number of imide groups is 1. The van der Waals surface area contributed by atoms with Gasteiger partial charge in [0, 0.05) is 71.7 Å². The molecule has 4 heterocycles. The van der Waals surface area contributed by atoms with Crippen molar-refractivity contribution in [2.75, 3.05) is 78.9 Å². The fourth-order valence-corrected chi connectivity index (χ4v) is 8.65. The van der Waals surface area contributed by atoms with Crippen LogP contribution in [0.3, 0.4) is 0 Å². The van der Waals surface area contributed by atoms with Crippen LogP contribution in [0.4, 0.5) is 16.0 Å². The highest BCUT2D eigenvalue weighted by molar-refractivity contribution is 6.32. The van der Waals surface area contributed by atoms with Crippen molar-refractivity contribution >= 4 is 58.5 Å². The maximum Gasteiger partial charge on any atom is 0.266 e. The number of methoxy groups -OCH3 is 2. The Kier molecular flexibility index (Phi) is 17.6. The average Bonchev–Trinajstić information content (AvgIpc) is 3.55. The first-order chi connectivity index (χ1) is 35.9. The topological polar surface area (TPSA) is 230 Å². The Bertz CT molecular complexity index is 2990. The van der Waals surface area contributed by atoms with E-state index in [4.69, 9.17) is 50.0 Å². The number of carbonyl (C=O) groups excluding carboxylic acids is 5. The molecule has 1 aromatic heterocycles. The van der Waals surface area contributed by atoms with Crippen LogP contribution in [0.15, 0.2) is 96.3 Å². The van der Waals surface area contributed by atoms with Crippen LogP contribution in [0.2, 0.25) is 5.02 Å². The van der Waals surface area contributed by atoms with Crippen LogP contribution in [-0.2, 0) is 30.3 Å². The average molecular weight is 1030 g/mol. The third-order valence-electron chi connectivity index (χ3n) is 12.1. The molecule has 5 amide bonds. The number of nitrogens with one attached hydrogen (secondary N) is 4. The lowest BCUT2D eigenvalue weighted by molar-refractivity contribution is -0.125. The van der Waals surface area contributed by atoms with E-state index in [0.29, 0.717) is 128 Å². The smallest absolute Gasteiger partial charge is 0.266 e. The van der Waals surface area contributed by atoms with Gasteiger partial charge in [0.1, 0.15) is 29.1 Å². The molecule has 4 N–H and O–H groups in total. The Labute approximate surface area is 430 Å². The number of piperidine rings is 1. The zero-order valence-electron chi connectivity index (χ0n) is 40.7. The van der Waals surface area contributed by atoms with Crippen LogP contribution in [0.25, 0.3) is 11.3 Å². The molecule has 8 rings (SSSR count). The number of hydrogen-bond acceptors (Lipinski definition) is 15. The number of carbonyl (C=O) groups is 5. The van der Waals surface area contributed by atoms with Crippen molar-refractivity contribution in [1.82, 2.24) is 30.8 Å². The number of ether oxygens (including phenoxy) is 6. The Balaban J connectivity index is 0.685. The maximum atomic E-state index is 15.3. The summed E-state index contributed by atoms with van der Waals surface area (Å²) in [5.41, 5.74) is 4.79. The minimum absolute atomic E-state index is 0.0260. The molecule has 3 aliphatic heterocycles. The van der Waals surface area contributed by atoms with Gasteiger partial charge >= 0.3 is 0 Å². The molecule has 1 fully saturated rings. The molecule has 4 aromatic carbocycles. The summed E-state index contributed by atoms with van der Waals surface area (Å²) < 4.78 is 48.8. The van der Waals surface area contributed by atoms with Gasteiger partial charge in [-0.05, 0) is 74.2 Å². The zero-order chi connectivity index (χ0) is 52.1. The van der Waals surface area contributed by atoms with E-state index in [1.807, 2.05) is 6.07 Å². The molecule has 0 bridgehead atoms. The second-order valence-electron chi connectivity index (χ2n) is 17.0. The van der Waals surface area contributed by atoms with E-state index in [0.717, 1.165) is 10.5 Å². The lowest BCUT2D eigenvalue weighted by Gasteiger charge is -2.29. The van der Waals surface area contributed by atoms with Crippen molar-refractivity contribution in [3.63, 3.8) is 0 Å². The Morgan fingerprint density at radius 3 is 2.27 bits per heavy atom. The van der Waals surface area contributed by atoms with E-state index >= 15 is 4.39 Å². The van der Waals surface area contributed by atoms with Crippen molar-refractivity contribution in [2.24, 2.45) is 4.99 Å². The van der Waals surface area contributed by atoms with Crippen LogP contribution in [0.5, 0.6) is 17.2 Å². The normalized spacial score (nSPS) is 14.8. The molecule has 5 aromatic rings. The number of benzene rings is 4. The molecule has 386 valence electrons. The number of hydrogen-bond donors (Lipinski definition) is 4. The number of anilines is 2. The predicted molar refractivity (Wildman–Crippen MR) is 271 cm³/mol. The zero-order valence-corrected chi connectivity index (χ0v) is 41.5. The van der Waals surface area contributed by atoms with Crippen LogP contribution in [-0.4, -0.2) is 130 Å². The molecular weight excluding hydrogens is 979 g/mol. The van der Waals surface area contributed by atoms with Gasteiger partial charge in [-0.1, -0.05) is 36.4 Å². The van der Waals surface area contributed by atoms with Gasteiger partial charge in [-0.15, -0.1) is 0 Å². The molecular formula is C53H54ClFN8O11. The van der Waals surface area contributed by atoms with Crippen molar-refractivity contribution < 1.29 is 56.8 Å². The molecule has 3 aliphatic rings. The summed E-state index contributed by atoms with van der Waals surface area (Å²) >= 11 is 6.45. The minimum atomic E-state index is -0.955. The SMILES string of the molecule is C=C1CCC(N2C(=O)c3cccc(OCC(=O)NCCCOCCOCCOCCCNC(=O)c4ccc(Nc5ncc6c(n5)-c5ccc(Cl)cc5C(c5c(F)cccc5OC)=NC6)cc4OC)c3C2=O)C(=O)N1. The van der Waals surface area contributed by atoms with E-state index < -0.39 is 35.5 Å². The fourth-order valence-electron chi connectivity index (χ4n) is 8.48. The number of aliphatic imine (C=N–C) groups is 1. The standard InChI is InChI=1S/C53H54ClFN8O11/c1-31-12-17-40(50(66)60-31)63-51(67)37-8-4-11-42(45(37)52(63)68)74-30-44(64)56-18-6-20-71-22-24-73-25-23-72-21-7-19-57-49(65)36-16-14-34(27-43(36)70-3)61-53-59-29-32-28-58-48(46-39(55)9-5-10-41(46)69-2)38-26-33(54)13-15-35(38)47(32)62-53/h4-5,8-11,13-16,26-27,29,40H,1,6-7,12,17-25,28,30H2,2-3H3,(H,56,64)(H,57,65)(H,60,66)(H,59,61,62). The maximum absolute atomic E-state index is 15.3. The highest BCUT2D eigenvalue weighted by Crippen LogP contribution is 2.37. The Hall–Kier alpha value is -7.78. The third kappa shape index (κ3) is 12.3. The van der Waals surface area contributed by atoms with E-state index in [1.165, 1.54) is 32.4 Å². The van der Waals surface area contributed by atoms with Crippen LogP contribution >= 0.6 is 11.6 Å². The summed E-state index contributed by atoms with van der Waals surface area (Å²) in [6.45, 7) is 6.45. The molecule has 0 spiro atoms. The highest BCUT2D eigenvalue weighted by atomic mass is 35.5. The van der Waals surface area contributed by atoms with Crippen molar-refractivity contribution in [3.8, 4) is 28.5 Å². The van der Waals surface area contributed by atoms with Gasteiger partial charge in [0.05, 0.1) is 80.9 Å². The molecule has 74 heavy (non-hydrogen) atoms. The van der Waals surface area contributed by atoms with Crippen LogP contribution < -0.4 is 35.5 Å². The lowest BCUT2D eigenvalue weighted by Crippen LogP contribution is -2.51. The van der Waals surface area contributed by atoms with Gasteiger partial charge < -0.3 is 49.7 Å². The van der Waals surface area contributed by atoms with E-state index in [-0.39, 0.29) is 53.9 Å². The fraction of sp³-hybridized carbons (Fsp3) is 0.321. The van der Waals surface area contributed by atoms with E-state index in [9.17, 15) is 24.0 Å². The first-order valence-electron chi connectivity index (χ1n) is 23.8. The highest BCUT2D eigenvalue weighted by Gasteiger charge is 2.45. The number of fused-ring (bicyclic) bond motifs is 4. The van der Waals surface area contributed by atoms with Gasteiger partial charge in [-0.2, -0.15) is 0 Å². The summed E-state index contributed by atoms with van der Waals surface area (Å²) in [6, 6.07) is 18.5. The monoisotopic (exact) mass is 1030 g/mol. The summed E-state index contributed by atoms with van der Waals surface area (Å²) in [6.07, 6.45) is 3.49. The number of amides is 5. The van der Waals surface area contributed by atoms with Crippen molar-refractivity contribution in [3.05, 3.63) is 135 Å². The van der Waals surface area contributed by atoms with Crippen molar-refractivity contribution in [1.29, 1.82) is 0 Å². The summed E-state index contributed by atoms with van der Waals surface area (Å²) in [4.78, 5) is 79.6. The van der Waals surface area contributed by atoms with Crippen molar-refractivity contribution in [2.45, 2.75) is 38.3 Å². The molecule has 1 saturated heterocycles. The quantitative estimate of drug-likeness (QED) is 0.0399. The molecule has 1 atom stereocenters. The minimum Gasteiger partial charge on any atom is -0.496 e. The second-order valence-corrected chi connectivity index (χ2v) is 17.5. The summed E-state index contributed by atoms with van der Waals surface area (Å²) in [7, 11) is 2.96. The molecule has 19 nitrogen and oxygen atoms in total. The predicted octanol–water partition coefficient (Wildman–Crippen LogP) is 6.19. The molecule has 0 saturated carbocycles. The largest absolute Gasteiger partial charge is 0.496 e. The van der Waals surface area contributed by atoms with Crippen LogP contribution in [0.1, 0.15) is 73.4 Å². The first kappa shape index (κ1) is 52.5. The number of rotatable bonds is 24. The molecule has 21 heteroatoms. The molecule has 0 aliphatic carbocycles. The van der Waals surface area contributed by atoms with E-state index in [2.05, 4.69) is 32.8 Å². The molecule has 1 unspecified atom stereocenters. The number of allylic oxidation sites excluding steroid dienone is 1. The number of halogens is 2. The van der Waals surface area contributed by atoms with E-state index in [1.54, 1.807) is 54.7 Å². The van der Waals surface area contributed by atoms with Gasteiger partial charge in [0.15, 0.2) is 6.61 Å². The van der Waals surface area contributed by atoms with Crippen LogP contribution in [0, 0.1) is 5.82 Å². The molecule has 0 radical (unpaired) electrons. The summed E-state index contributed by atoms with van der Waals surface area (Å²) in [5, 5.41) is 11.9. The number of nitrogens with zero attached hydrogens (tertiary/aromatic N) is 4. The number of aromatic nitrogens is 2. The van der Waals surface area contributed by atoms with Gasteiger partial charge in [0.2, 0.25) is 11.9 Å². The lowest BCUT2D eigenvalue weighted by atomic mass is 9.94. The summed E-state index contributed by atoms with van der Waals surface area (Å²) in [5.74, 6) is -1.88. The van der Waals surface area contributed by atoms with Gasteiger partial charge in [0.25, 0.3) is 23.6 Å². The third-order valence-corrected chi connectivity index (χ3v) is 12.3. The Morgan fingerprint density at radius 2 is 1.53 bits per heavy atom. The first-order valence-corrected chi connectivity index (χ1v) is 24.2. The Morgan fingerprint density at radius 1 is 0.811 bits per heavy atom. The van der Waals surface area contributed by atoms with Gasteiger partial charge in [-0.25, -0.2) is 14.4 Å². The second kappa shape index (κ2) is 24.8.